The Morgan fingerprint density at radius 2 is 1.58 bits per heavy atom. The van der Waals surface area contributed by atoms with Crippen molar-refractivity contribution < 1.29 is 19.1 Å². The highest BCUT2D eigenvalue weighted by atomic mass is 16.5. The molecule has 1 fully saturated rings. The van der Waals surface area contributed by atoms with E-state index in [1.807, 2.05) is 6.07 Å². The second kappa shape index (κ2) is 6.45. The Morgan fingerprint density at radius 1 is 0.958 bits per heavy atom. The zero-order chi connectivity index (χ0) is 17.1. The SMILES string of the molecule is COc1cc(/C=C2\C(=O)NN(c3ccccc3)C2=O)cc(OC)c1. The Labute approximate surface area is 139 Å². The van der Waals surface area contributed by atoms with E-state index in [9.17, 15) is 9.59 Å². The first kappa shape index (κ1) is 15.6. The molecule has 1 saturated heterocycles. The number of anilines is 1. The van der Waals surface area contributed by atoms with Crippen LogP contribution in [-0.2, 0) is 9.59 Å². The molecule has 3 rings (SSSR count). The fourth-order valence-corrected chi connectivity index (χ4v) is 2.40. The molecule has 0 radical (unpaired) electrons. The average molecular weight is 324 g/mol. The summed E-state index contributed by atoms with van der Waals surface area (Å²) in [6.45, 7) is 0. The number of nitrogens with zero attached hydrogens (tertiary/aromatic N) is 1. The maximum atomic E-state index is 12.5. The fraction of sp³-hybridized carbons (Fsp3) is 0.111. The van der Waals surface area contributed by atoms with Crippen LogP contribution in [0.25, 0.3) is 6.08 Å². The van der Waals surface area contributed by atoms with E-state index < -0.39 is 11.8 Å². The van der Waals surface area contributed by atoms with Gasteiger partial charge in [0.15, 0.2) is 0 Å². The molecule has 0 atom stereocenters. The van der Waals surface area contributed by atoms with Crippen LogP contribution in [0.3, 0.4) is 0 Å². The summed E-state index contributed by atoms with van der Waals surface area (Å²) < 4.78 is 10.4. The lowest BCUT2D eigenvalue weighted by atomic mass is 10.1. The van der Waals surface area contributed by atoms with Gasteiger partial charge in [-0.2, -0.15) is 0 Å². The average Bonchev–Trinajstić information content (AvgIpc) is 2.90. The highest BCUT2D eigenvalue weighted by Gasteiger charge is 2.34. The first-order chi connectivity index (χ1) is 11.6. The molecule has 0 spiro atoms. The number of rotatable bonds is 4. The molecule has 0 aliphatic carbocycles. The molecular formula is C18H16N2O4. The zero-order valence-corrected chi connectivity index (χ0v) is 13.3. The quantitative estimate of drug-likeness (QED) is 0.691. The van der Waals surface area contributed by atoms with Crippen molar-refractivity contribution in [1.82, 2.24) is 5.43 Å². The Balaban J connectivity index is 1.96. The molecule has 122 valence electrons. The zero-order valence-electron chi connectivity index (χ0n) is 13.3. The van der Waals surface area contributed by atoms with Gasteiger partial charge in [-0.25, -0.2) is 5.01 Å². The number of hydrazine groups is 1. The molecule has 2 aromatic rings. The predicted octanol–water partition coefficient (Wildman–Crippen LogP) is 2.17. The molecule has 1 aliphatic heterocycles. The maximum Gasteiger partial charge on any atom is 0.282 e. The Hall–Kier alpha value is -3.28. The van der Waals surface area contributed by atoms with Crippen LogP contribution in [0, 0.1) is 0 Å². The molecule has 0 saturated carbocycles. The summed E-state index contributed by atoms with van der Waals surface area (Å²) in [6, 6.07) is 14.1. The Bertz CT molecular complexity index is 793. The molecule has 6 heteroatoms. The van der Waals surface area contributed by atoms with Crippen molar-refractivity contribution in [3.63, 3.8) is 0 Å². The third kappa shape index (κ3) is 2.94. The molecular weight excluding hydrogens is 308 g/mol. The molecule has 0 unspecified atom stereocenters. The lowest BCUT2D eigenvalue weighted by Gasteiger charge is -2.13. The van der Waals surface area contributed by atoms with Gasteiger partial charge in [0.1, 0.15) is 17.1 Å². The van der Waals surface area contributed by atoms with Gasteiger partial charge in [-0.3, -0.25) is 15.0 Å². The lowest BCUT2D eigenvalue weighted by Crippen LogP contribution is -2.35. The van der Waals surface area contributed by atoms with Crippen molar-refractivity contribution in [2.24, 2.45) is 0 Å². The number of amides is 2. The van der Waals surface area contributed by atoms with E-state index in [4.69, 9.17) is 9.47 Å². The van der Waals surface area contributed by atoms with Crippen LogP contribution in [0.15, 0.2) is 54.1 Å². The summed E-state index contributed by atoms with van der Waals surface area (Å²) >= 11 is 0. The number of ether oxygens (including phenoxy) is 2. The smallest absolute Gasteiger partial charge is 0.282 e. The van der Waals surface area contributed by atoms with Crippen molar-refractivity contribution in [2.75, 3.05) is 19.2 Å². The van der Waals surface area contributed by atoms with E-state index >= 15 is 0 Å². The second-order valence-corrected chi connectivity index (χ2v) is 5.12. The number of para-hydroxylation sites is 1. The Kier molecular flexibility index (Phi) is 4.20. The van der Waals surface area contributed by atoms with Crippen LogP contribution in [0.1, 0.15) is 5.56 Å². The molecule has 6 nitrogen and oxygen atoms in total. The summed E-state index contributed by atoms with van der Waals surface area (Å²) in [7, 11) is 3.08. The molecule has 1 heterocycles. The van der Waals surface area contributed by atoms with Gasteiger partial charge in [-0.1, -0.05) is 18.2 Å². The second-order valence-electron chi connectivity index (χ2n) is 5.12. The van der Waals surface area contributed by atoms with E-state index in [2.05, 4.69) is 5.43 Å². The number of methoxy groups -OCH3 is 2. The van der Waals surface area contributed by atoms with Gasteiger partial charge in [0, 0.05) is 6.07 Å². The molecule has 1 aliphatic rings. The number of benzene rings is 2. The molecule has 0 aromatic heterocycles. The van der Waals surface area contributed by atoms with Crippen LogP contribution < -0.4 is 19.9 Å². The topological polar surface area (TPSA) is 67.9 Å². The van der Waals surface area contributed by atoms with E-state index in [1.54, 1.807) is 42.5 Å². The number of hydrogen-bond acceptors (Lipinski definition) is 4. The van der Waals surface area contributed by atoms with E-state index in [1.165, 1.54) is 25.3 Å². The highest BCUT2D eigenvalue weighted by molar-refractivity contribution is 6.31. The molecule has 24 heavy (non-hydrogen) atoms. The van der Waals surface area contributed by atoms with E-state index in [0.717, 1.165) is 0 Å². The standard InChI is InChI=1S/C18H16N2O4/c1-23-14-8-12(9-15(11-14)24-2)10-16-17(21)19-20(18(16)22)13-6-4-3-5-7-13/h3-11H,1-2H3,(H,19,21)/b16-10+. The van der Waals surface area contributed by atoms with Gasteiger partial charge in [0.05, 0.1) is 19.9 Å². The van der Waals surface area contributed by atoms with Gasteiger partial charge < -0.3 is 9.47 Å². The van der Waals surface area contributed by atoms with Crippen LogP contribution >= 0.6 is 0 Å². The van der Waals surface area contributed by atoms with Crippen molar-refractivity contribution in [2.45, 2.75) is 0 Å². The van der Waals surface area contributed by atoms with Gasteiger partial charge in [-0.15, -0.1) is 0 Å². The highest BCUT2D eigenvalue weighted by Crippen LogP contribution is 2.26. The fourth-order valence-electron chi connectivity index (χ4n) is 2.40. The molecule has 2 amide bonds. The molecule has 2 aromatic carbocycles. The summed E-state index contributed by atoms with van der Waals surface area (Å²) in [6.07, 6.45) is 1.52. The number of carbonyl (C=O) groups is 2. The van der Waals surface area contributed by atoms with Gasteiger partial charge in [0.2, 0.25) is 0 Å². The van der Waals surface area contributed by atoms with Crippen molar-refractivity contribution in [1.29, 1.82) is 0 Å². The number of carbonyl (C=O) groups excluding carboxylic acids is 2. The monoisotopic (exact) mass is 324 g/mol. The van der Waals surface area contributed by atoms with Crippen LogP contribution in [0.4, 0.5) is 5.69 Å². The number of hydrogen-bond donors (Lipinski definition) is 1. The third-order valence-electron chi connectivity index (χ3n) is 3.59. The van der Waals surface area contributed by atoms with Crippen LogP contribution in [0.5, 0.6) is 11.5 Å². The van der Waals surface area contributed by atoms with E-state index in [0.29, 0.717) is 22.7 Å². The minimum Gasteiger partial charge on any atom is -0.497 e. The number of nitrogens with one attached hydrogen (secondary N) is 1. The van der Waals surface area contributed by atoms with Crippen molar-refractivity contribution in [3.05, 3.63) is 59.7 Å². The predicted molar refractivity (Wildman–Crippen MR) is 89.6 cm³/mol. The maximum absolute atomic E-state index is 12.5. The minimum absolute atomic E-state index is 0.0501. The summed E-state index contributed by atoms with van der Waals surface area (Å²) in [5, 5.41) is 1.23. The molecule has 0 bridgehead atoms. The summed E-state index contributed by atoms with van der Waals surface area (Å²) in [5.74, 6) is 0.289. The van der Waals surface area contributed by atoms with Crippen LogP contribution in [0.2, 0.25) is 0 Å². The largest absolute Gasteiger partial charge is 0.497 e. The van der Waals surface area contributed by atoms with Crippen molar-refractivity contribution >= 4 is 23.6 Å². The minimum atomic E-state index is -0.453. The van der Waals surface area contributed by atoms with Crippen LogP contribution in [-0.4, -0.2) is 26.0 Å². The lowest BCUT2D eigenvalue weighted by molar-refractivity contribution is -0.117. The summed E-state index contributed by atoms with van der Waals surface area (Å²) in [5.41, 5.74) is 3.85. The van der Waals surface area contributed by atoms with Gasteiger partial charge >= 0.3 is 0 Å². The van der Waals surface area contributed by atoms with Gasteiger partial charge in [-0.05, 0) is 35.9 Å². The first-order valence-electron chi connectivity index (χ1n) is 7.27. The molecule has 1 N–H and O–H groups in total. The summed E-state index contributed by atoms with van der Waals surface area (Å²) in [4.78, 5) is 24.7. The van der Waals surface area contributed by atoms with E-state index in [-0.39, 0.29) is 5.57 Å². The van der Waals surface area contributed by atoms with Gasteiger partial charge in [0.25, 0.3) is 11.8 Å². The first-order valence-corrected chi connectivity index (χ1v) is 7.27. The van der Waals surface area contributed by atoms with Crippen molar-refractivity contribution in [3.8, 4) is 11.5 Å². The third-order valence-corrected chi connectivity index (χ3v) is 3.59. The Morgan fingerprint density at radius 3 is 2.17 bits per heavy atom. The normalized spacial score (nSPS) is 15.6.